The zero-order valence-electron chi connectivity index (χ0n) is 11.7. The number of hydrogen-bond acceptors (Lipinski definition) is 3. The molecular formula is C14H28N2O. The Hall–Kier alpha value is -0.380. The van der Waals surface area contributed by atoms with Crippen LogP contribution in [0.15, 0.2) is 12.2 Å². The van der Waals surface area contributed by atoms with Crippen LogP contribution in [0.1, 0.15) is 33.6 Å². The lowest BCUT2D eigenvalue weighted by Crippen LogP contribution is -2.49. The molecule has 1 aliphatic heterocycles. The average Bonchev–Trinajstić information content (AvgIpc) is 2.47. The quantitative estimate of drug-likeness (QED) is 0.568. The first-order valence-corrected chi connectivity index (χ1v) is 6.75. The predicted molar refractivity (Wildman–Crippen MR) is 73.4 cm³/mol. The number of nitrogens with zero attached hydrogens (tertiary/aromatic N) is 1. The fraction of sp³-hybridized carbons (Fsp3) is 0.857. The minimum atomic E-state index is 0.269. The Morgan fingerprint density at radius 1 is 1.53 bits per heavy atom. The molecule has 0 radical (unpaired) electrons. The summed E-state index contributed by atoms with van der Waals surface area (Å²) in [7, 11) is 0. The maximum Gasteiger partial charge on any atom is 0.0672 e. The summed E-state index contributed by atoms with van der Waals surface area (Å²) in [6, 6.07) is 0. The highest BCUT2D eigenvalue weighted by atomic mass is 16.5. The third-order valence-corrected chi connectivity index (χ3v) is 3.46. The van der Waals surface area contributed by atoms with Crippen LogP contribution in [0.3, 0.4) is 0 Å². The third-order valence-electron chi connectivity index (χ3n) is 3.46. The number of nitrogens with one attached hydrogen (secondary N) is 1. The molecule has 1 fully saturated rings. The van der Waals surface area contributed by atoms with E-state index in [0.717, 1.165) is 31.8 Å². The Kier molecular flexibility index (Phi) is 6.17. The van der Waals surface area contributed by atoms with Crippen molar-refractivity contribution in [3.8, 4) is 0 Å². The second kappa shape index (κ2) is 7.14. The van der Waals surface area contributed by atoms with Crippen LogP contribution in [0.4, 0.5) is 0 Å². The van der Waals surface area contributed by atoms with E-state index in [1.54, 1.807) is 0 Å². The first-order valence-electron chi connectivity index (χ1n) is 6.75. The lowest BCUT2D eigenvalue weighted by atomic mass is 9.99. The molecule has 1 rings (SSSR count). The van der Waals surface area contributed by atoms with E-state index in [0.29, 0.717) is 6.61 Å². The van der Waals surface area contributed by atoms with E-state index < -0.39 is 0 Å². The van der Waals surface area contributed by atoms with E-state index in [2.05, 4.69) is 30.6 Å². The van der Waals surface area contributed by atoms with Crippen molar-refractivity contribution in [3.63, 3.8) is 0 Å². The van der Waals surface area contributed by atoms with Crippen molar-refractivity contribution in [2.45, 2.75) is 39.2 Å². The van der Waals surface area contributed by atoms with Crippen molar-refractivity contribution in [3.05, 3.63) is 12.2 Å². The molecule has 3 heteroatoms. The average molecular weight is 240 g/mol. The highest BCUT2D eigenvalue weighted by Crippen LogP contribution is 2.14. The maximum atomic E-state index is 5.58. The Morgan fingerprint density at radius 2 is 2.29 bits per heavy atom. The molecule has 1 N–H and O–H groups in total. The van der Waals surface area contributed by atoms with Crippen molar-refractivity contribution in [2.75, 3.05) is 39.4 Å². The van der Waals surface area contributed by atoms with E-state index in [1.807, 2.05) is 6.92 Å². The van der Waals surface area contributed by atoms with Gasteiger partial charge < -0.3 is 10.1 Å². The molecule has 0 aromatic rings. The largest absolute Gasteiger partial charge is 0.376 e. The topological polar surface area (TPSA) is 24.5 Å². The SMILES string of the molecule is C=C(C)COCCN1CCCNC(C)(CC)C1. The zero-order chi connectivity index (χ0) is 12.7. The van der Waals surface area contributed by atoms with E-state index in [9.17, 15) is 0 Å². The lowest BCUT2D eigenvalue weighted by molar-refractivity contribution is 0.111. The van der Waals surface area contributed by atoms with Gasteiger partial charge in [0.1, 0.15) is 0 Å². The Labute approximate surface area is 106 Å². The third kappa shape index (κ3) is 5.66. The Bertz CT molecular complexity index is 242. The van der Waals surface area contributed by atoms with E-state index in [4.69, 9.17) is 4.74 Å². The van der Waals surface area contributed by atoms with Crippen LogP contribution in [-0.4, -0.2) is 49.8 Å². The van der Waals surface area contributed by atoms with E-state index in [1.165, 1.54) is 19.4 Å². The van der Waals surface area contributed by atoms with Gasteiger partial charge in [-0.05, 0) is 39.8 Å². The fourth-order valence-corrected chi connectivity index (χ4v) is 2.19. The molecule has 0 aliphatic carbocycles. The molecule has 3 nitrogen and oxygen atoms in total. The zero-order valence-corrected chi connectivity index (χ0v) is 11.7. The molecule has 1 saturated heterocycles. The molecule has 1 heterocycles. The van der Waals surface area contributed by atoms with Crippen molar-refractivity contribution in [1.82, 2.24) is 10.2 Å². The van der Waals surface area contributed by atoms with Crippen molar-refractivity contribution in [2.24, 2.45) is 0 Å². The molecular weight excluding hydrogens is 212 g/mol. The molecule has 0 aromatic heterocycles. The molecule has 0 saturated carbocycles. The molecule has 1 aliphatic rings. The normalized spacial score (nSPS) is 26.8. The van der Waals surface area contributed by atoms with Gasteiger partial charge in [0, 0.05) is 18.6 Å². The van der Waals surface area contributed by atoms with Gasteiger partial charge in [-0.2, -0.15) is 0 Å². The van der Waals surface area contributed by atoms with Crippen molar-refractivity contribution in [1.29, 1.82) is 0 Å². The minimum absolute atomic E-state index is 0.269. The Balaban J connectivity index is 2.29. The highest BCUT2D eigenvalue weighted by Gasteiger charge is 2.26. The van der Waals surface area contributed by atoms with Crippen LogP contribution in [0, 0.1) is 0 Å². The predicted octanol–water partition coefficient (Wildman–Crippen LogP) is 2.04. The summed E-state index contributed by atoms with van der Waals surface area (Å²) in [6.45, 7) is 16.4. The van der Waals surface area contributed by atoms with Gasteiger partial charge in [0.15, 0.2) is 0 Å². The standard InChI is InChI=1S/C14H28N2O/c1-5-14(4)12-16(8-6-7-15-14)9-10-17-11-13(2)3/h15H,2,5-12H2,1,3-4H3. The van der Waals surface area contributed by atoms with Gasteiger partial charge in [0.2, 0.25) is 0 Å². The molecule has 17 heavy (non-hydrogen) atoms. The van der Waals surface area contributed by atoms with Crippen LogP contribution in [0.5, 0.6) is 0 Å². The highest BCUT2D eigenvalue weighted by molar-refractivity contribution is 4.89. The fourth-order valence-electron chi connectivity index (χ4n) is 2.19. The van der Waals surface area contributed by atoms with E-state index in [-0.39, 0.29) is 5.54 Å². The van der Waals surface area contributed by atoms with Gasteiger partial charge in [0.25, 0.3) is 0 Å². The smallest absolute Gasteiger partial charge is 0.0672 e. The molecule has 0 bridgehead atoms. The van der Waals surface area contributed by atoms with Crippen molar-refractivity contribution >= 4 is 0 Å². The molecule has 1 unspecified atom stereocenters. The summed E-state index contributed by atoms with van der Waals surface area (Å²) in [5.41, 5.74) is 1.37. The first-order chi connectivity index (χ1) is 8.06. The minimum Gasteiger partial charge on any atom is -0.376 e. The van der Waals surface area contributed by atoms with Gasteiger partial charge in [-0.15, -0.1) is 0 Å². The summed E-state index contributed by atoms with van der Waals surface area (Å²) in [5, 5.41) is 3.65. The lowest BCUT2D eigenvalue weighted by Gasteiger charge is -2.32. The molecule has 0 spiro atoms. The maximum absolute atomic E-state index is 5.58. The van der Waals surface area contributed by atoms with Crippen LogP contribution in [-0.2, 0) is 4.74 Å². The van der Waals surface area contributed by atoms with Gasteiger partial charge in [-0.1, -0.05) is 19.1 Å². The second-order valence-corrected chi connectivity index (χ2v) is 5.48. The van der Waals surface area contributed by atoms with Crippen molar-refractivity contribution < 1.29 is 4.74 Å². The molecule has 0 aromatic carbocycles. The molecule has 0 amide bonds. The molecule has 100 valence electrons. The summed E-state index contributed by atoms with van der Waals surface area (Å²) in [4.78, 5) is 2.52. The van der Waals surface area contributed by atoms with E-state index >= 15 is 0 Å². The number of rotatable bonds is 6. The van der Waals surface area contributed by atoms with Gasteiger partial charge in [0.05, 0.1) is 13.2 Å². The summed E-state index contributed by atoms with van der Waals surface area (Å²) < 4.78 is 5.58. The Morgan fingerprint density at radius 3 is 2.94 bits per heavy atom. The summed E-state index contributed by atoms with van der Waals surface area (Å²) in [6.07, 6.45) is 2.41. The second-order valence-electron chi connectivity index (χ2n) is 5.48. The van der Waals surface area contributed by atoms with Crippen LogP contribution < -0.4 is 5.32 Å². The number of ether oxygens (including phenoxy) is 1. The molecule has 1 atom stereocenters. The van der Waals surface area contributed by atoms with Crippen LogP contribution >= 0.6 is 0 Å². The van der Waals surface area contributed by atoms with Crippen LogP contribution in [0.25, 0.3) is 0 Å². The van der Waals surface area contributed by atoms with Crippen LogP contribution in [0.2, 0.25) is 0 Å². The van der Waals surface area contributed by atoms with Gasteiger partial charge in [-0.25, -0.2) is 0 Å². The number of hydrogen-bond donors (Lipinski definition) is 1. The monoisotopic (exact) mass is 240 g/mol. The summed E-state index contributed by atoms with van der Waals surface area (Å²) in [5.74, 6) is 0. The summed E-state index contributed by atoms with van der Waals surface area (Å²) >= 11 is 0. The van der Waals surface area contributed by atoms with Gasteiger partial charge in [-0.3, -0.25) is 4.90 Å². The first kappa shape index (κ1) is 14.7. The van der Waals surface area contributed by atoms with Gasteiger partial charge >= 0.3 is 0 Å².